The van der Waals surface area contributed by atoms with E-state index in [1.807, 2.05) is 12.1 Å². The third-order valence-electron chi connectivity index (χ3n) is 2.01. The number of anilines is 1. The number of nitrogens with two attached hydrogens (primary N) is 1. The first kappa shape index (κ1) is 9.21. The van der Waals surface area contributed by atoms with E-state index in [1.54, 1.807) is 29.2 Å². The van der Waals surface area contributed by atoms with E-state index in [0.29, 0.717) is 18.2 Å². The minimum atomic E-state index is 0.394. The Morgan fingerprint density at radius 2 is 2.27 bits per heavy atom. The minimum absolute atomic E-state index is 0.394. The van der Waals surface area contributed by atoms with Gasteiger partial charge < -0.3 is 10.3 Å². The van der Waals surface area contributed by atoms with Gasteiger partial charge in [-0.05, 0) is 17.7 Å². The highest BCUT2D eigenvalue weighted by Gasteiger charge is 2.02. The minimum Gasteiger partial charge on any atom is -0.384 e. The highest BCUT2D eigenvalue weighted by Crippen LogP contribution is 2.06. The van der Waals surface area contributed by atoms with Crippen LogP contribution >= 0.6 is 0 Å². The number of rotatable bonds is 2. The molecular formula is C10H9N5. The second kappa shape index (κ2) is 3.80. The van der Waals surface area contributed by atoms with E-state index < -0.39 is 0 Å². The number of nitriles is 1. The predicted molar refractivity (Wildman–Crippen MR) is 54.7 cm³/mol. The van der Waals surface area contributed by atoms with Crippen LogP contribution in [0.5, 0.6) is 0 Å². The zero-order valence-corrected chi connectivity index (χ0v) is 7.96. The molecule has 0 aromatic carbocycles. The average Bonchev–Trinajstić information content (AvgIpc) is 2.65. The molecule has 0 aliphatic rings. The normalized spacial score (nSPS) is 9.80. The number of aromatic nitrogens is 3. The van der Waals surface area contributed by atoms with Crippen molar-refractivity contribution in [2.75, 3.05) is 5.73 Å². The van der Waals surface area contributed by atoms with Crippen molar-refractivity contribution < 1.29 is 0 Å². The quantitative estimate of drug-likeness (QED) is 0.775. The van der Waals surface area contributed by atoms with Crippen LogP contribution in [-0.4, -0.2) is 14.5 Å². The SMILES string of the molecule is N#Cc1nccn1Cc1ccnc(N)c1. The molecule has 0 unspecified atom stereocenters. The maximum absolute atomic E-state index is 8.77. The molecule has 2 heterocycles. The third kappa shape index (κ3) is 1.94. The summed E-state index contributed by atoms with van der Waals surface area (Å²) in [6, 6.07) is 5.65. The molecule has 0 spiro atoms. The Balaban J connectivity index is 2.26. The summed E-state index contributed by atoms with van der Waals surface area (Å²) in [4.78, 5) is 7.81. The summed E-state index contributed by atoms with van der Waals surface area (Å²) < 4.78 is 1.76. The summed E-state index contributed by atoms with van der Waals surface area (Å²) in [5, 5.41) is 8.77. The molecule has 0 aliphatic heterocycles. The van der Waals surface area contributed by atoms with Gasteiger partial charge in [0, 0.05) is 25.1 Å². The molecular weight excluding hydrogens is 190 g/mol. The smallest absolute Gasteiger partial charge is 0.213 e. The Bertz CT molecular complexity index is 509. The van der Waals surface area contributed by atoms with E-state index in [-0.39, 0.29) is 0 Å². The first-order chi connectivity index (χ1) is 7.29. The van der Waals surface area contributed by atoms with Crippen molar-refractivity contribution in [2.45, 2.75) is 6.54 Å². The van der Waals surface area contributed by atoms with Crippen LogP contribution in [0.15, 0.2) is 30.7 Å². The molecule has 0 radical (unpaired) electrons. The second-order valence-corrected chi connectivity index (χ2v) is 3.08. The number of hydrogen-bond acceptors (Lipinski definition) is 4. The Morgan fingerprint density at radius 1 is 1.40 bits per heavy atom. The Kier molecular flexibility index (Phi) is 2.33. The van der Waals surface area contributed by atoms with Crippen molar-refractivity contribution >= 4 is 5.82 Å². The van der Waals surface area contributed by atoms with Gasteiger partial charge in [0.1, 0.15) is 11.9 Å². The third-order valence-corrected chi connectivity index (χ3v) is 2.01. The molecule has 0 saturated heterocycles. The molecule has 2 rings (SSSR count). The molecule has 5 heteroatoms. The lowest BCUT2D eigenvalue weighted by Crippen LogP contribution is -2.02. The van der Waals surface area contributed by atoms with Gasteiger partial charge in [-0.3, -0.25) is 0 Å². The van der Waals surface area contributed by atoms with E-state index in [9.17, 15) is 0 Å². The van der Waals surface area contributed by atoms with Gasteiger partial charge >= 0.3 is 0 Å². The summed E-state index contributed by atoms with van der Waals surface area (Å²) in [5.74, 6) is 0.872. The lowest BCUT2D eigenvalue weighted by atomic mass is 10.2. The van der Waals surface area contributed by atoms with Crippen LogP contribution in [0.1, 0.15) is 11.4 Å². The van der Waals surface area contributed by atoms with Crippen LogP contribution in [0.3, 0.4) is 0 Å². The highest BCUT2D eigenvalue weighted by atomic mass is 15.1. The van der Waals surface area contributed by atoms with Gasteiger partial charge in [0.05, 0.1) is 0 Å². The molecule has 0 saturated carbocycles. The fraction of sp³-hybridized carbons (Fsp3) is 0.100. The van der Waals surface area contributed by atoms with Crippen molar-refractivity contribution in [1.82, 2.24) is 14.5 Å². The van der Waals surface area contributed by atoms with Crippen molar-refractivity contribution in [2.24, 2.45) is 0 Å². The lowest BCUT2D eigenvalue weighted by Gasteiger charge is -2.03. The number of imidazole rings is 1. The predicted octanol–water partition coefficient (Wildman–Crippen LogP) is 0.780. The number of nitrogens with zero attached hydrogens (tertiary/aromatic N) is 4. The fourth-order valence-corrected chi connectivity index (χ4v) is 1.34. The molecule has 0 aliphatic carbocycles. The maximum atomic E-state index is 8.77. The largest absolute Gasteiger partial charge is 0.384 e. The van der Waals surface area contributed by atoms with Gasteiger partial charge in [0.25, 0.3) is 0 Å². The molecule has 0 amide bonds. The number of hydrogen-bond donors (Lipinski definition) is 1. The van der Waals surface area contributed by atoms with E-state index in [1.165, 1.54) is 0 Å². The van der Waals surface area contributed by atoms with E-state index in [0.717, 1.165) is 5.56 Å². The zero-order valence-electron chi connectivity index (χ0n) is 7.96. The molecule has 2 aromatic rings. The van der Waals surface area contributed by atoms with Crippen LogP contribution in [0, 0.1) is 11.3 Å². The topological polar surface area (TPSA) is 80.5 Å². The molecule has 5 nitrogen and oxygen atoms in total. The van der Waals surface area contributed by atoms with Crippen LogP contribution in [0.4, 0.5) is 5.82 Å². The molecule has 2 N–H and O–H groups in total. The van der Waals surface area contributed by atoms with Gasteiger partial charge in [-0.15, -0.1) is 0 Å². The van der Waals surface area contributed by atoms with Crippen LogP contribution < -0.4 is 5.73 Å². The van der Waals surface area contributed by atoms with Crippen molar-refractivity contribution in [3.63, 3.8) is 0 Å². The van der Waals surface area contributed by atoms with Gasteiger partial charge in [0.15, 0.2) is 0 Å². The Labute approximate surface area is 86.8 Å². The monoisotopic (exact) mass is 199 g/mol. The van der Waals surface area contributed by atoms with Gasteiger partial charge in [-0.1, -0.05) is 0 Å². The van der Waals surface area contributed by atoms with Crippen LogP contribution in [0.2, 0.25) is 0 Å². The van der Waals surface area contributed by atoms with E-state index in [2.05, 4.69) is 9.97 Å². The van der Waals surface area contributed by atoms with Gasteiger partial charge in [0.2, 0.25) is 5.82 Å². The standard InChI is InChI=1S/C10H9N5/c11-6-10-14-3-4-15(10)7-8-1-2-13-9(12)5-8/h1-5H,7H2,(H2,12,13). The maximum Gasteiger partial charge on any atom is 0.213 e. The van der Waals surface area contributed by atoms with E-state index >= 15 is 0 Å². The van der Waals surface area contributed by atoms with Crippen molar-refractivity contribution in [3.05, 3.63) is 42.1 Å². The van der Waals surface area contributed by atoms with Gasteiger partial charge in [-0.2, -0.15) is 5.26 Å². The first-order valence-corrected chi connectivity index (χ1v) is 4.41. The van der Waals surface area contributed by atoms with Crippen molar-refractivity contribution in [3.8, 4) is 6.07 Å². The van der Waals surface area contributed by atoms with E-state index in [4.69, 9.17) is 11.0 Å². The highest BCUT2D eigenvalue weighted by molar-refractivity contribution is 5.32. The summed E-state index contributed by atoms with van der Waals surface area (Å²) in [6.45, 7) is 0.579. The lowest BCUT2D eigenvalue weighted by molar-refractivity contribution is 0.781. The summed E-state index contributed by atoms with van der Waals surface area (Å²) in [5.41, 5.74) is 6.55. The second-order valence-electron chi connectivity index (χ2n) is 3.08. The number of nitrogen functional groups attached to an aromatic ring is 1. The van der Waals surface area contributed by atoms with Crippen LogP contribution in [-0.2, 0) is 6.54 Å². The molecule has 0 fully saturated rings. The van der Waals surface area contributed by atoms with Gasteiger partial charge in [-0.25, -0.2) is 9.97 Å². The molecule has 0 atom stereocenters. The summed E-state index contributed by atoms with van der Waals surface area (Å²) in [6.07, 6.45) is 5.01. The fourth-order valence-electron chi connectivity index (χ4n) is 1.34. The Hall–Kier alpha value is -2.35. The molecule has 15 heavy (non-hydrogen) atoms. The zero-order chi connectivity index (χ0) is 10.7. The van der Waals surface area contributed by atoms with Crippen LogP contribution in [0.25, 0.3) is 0 Å². The summed E-state index contributed by atoms with van der Waals surface area (Å²) >= 11 is 0. The first-order valence-electron chi connectivity index (χ1n) is 4.41. The summed E-state index contributed by atoms with van der Waals surface area (Å²) in [7, 11) is 0. The average molecular weight is 199 g/mol. The molecule has 74 valence electrons. The number of pyridine rings is 1. The Morgan fingerprint density at radius 3 is 3.00 bits per heavy atom. The molecule has 0 bridgehead atoms. The van der Waals surface area contributed by atoms with Crippen molar-refractivity contribution in [1.29, 1.82) is 5.26 Å². The molecule has 2 aromatic heterocycles.